The number of nitriles is 1. The van der Waals surface area contributed by atoms with Crippen LogP contribution in [0.1, 0.15) is 35.2 Å². The molecule has 0 spiro atoms. The van der Waals surface area contributed by atoms with E-state index in [1.165, 1.54) is 6.20 Å². The van der Waals surface area contributed by atoms with Crippen molar-refractivity contribution in [1.82, 2.24) is 25.0 Å². The van der Waals surface area contributed by atoms with Gasteiger partial charge in [0.2, 0.25) is 0 Å². The number of likely N-dealkylation sites (tertiary alicyclic amines) is 1. The van der Waals surface area contributed by atoms with Crippen molar-refractivity contribution in [2.24, 2.45) is 0 Å². The summed E-state index contributed by atoms with van der Waals surface area (Å²) in [5, 5.41) is 46.8. The topological polar surface area (TPSA) is 166 Å². The Hall–Kier alpha value is -4.55. The molecule has 0 aliphatic carbocycles. The lowest BCUT2D eigenvalue weighted by Gasteiger charge is -2.18. The molecule has 52 heavy (non-hydrogen) atoms. The minimum atomic E-state index is -1.19. The van der Waals surface area contributed by atoms with Gasteiger partial charge in [-0.25, -0.2) is 4.98 Å². The van der Waals surface area contributed by atoms with Crippen molar-refractivity contribution in [3.8, 4) is 28.7 Å². The first-order valence-corrected chi connectivity index (χ1v) is 18.0. The Bertz CT molecular complexity index is 2090. The quantitative estimate of drug-likeness (QED) is 0.0993. The lowest BCUT2D eigenvalue weighted by molar-refractivity contribution is -0.140. The van der Waals surface area contributed by atoms with Crippen molar-refractivity contribution in [3.63, 3.8) is 0 Å². The number of aryl methyl sites for hydroxylation is 1. The van der Waals surface area contributed by atoms with Crippen LogP contribution in [0, 0.1) is 11.3 Å². The molecule has 3 aromatic carbocycles. The first-order chi connectivity index (χ1) is 25.2. The third-order valence-electron chi connectivity index (χ3n) is 9.00. The monoisotopic (exact) mass is 788 g/mol. The van der Waals surface area contributed by atoms with Crippen LogP contribution in [-0.2, 0) is 31.1 Å². The summed E-state index contributed by atoms with van der Waals surface area (Å²) in [4.78, 5) is 17.8. The van der Waals surface area contributed by atoms with Gasteiger partial charge in [-0.3, -0.25) is 14.8 Å². The molecule has 2 atom stereocenters. The summed E-state index contributed by atoms with van der Waals surface area (Å²) < 4.78 is 15.3. The molecule has 3 heterocycles. The minimum Gasteiger partial charge on any atom is -0.488 e. The number of hydrogen-bond donors (Lipinski definition) is 4. The summed E-state index contributed by atoms with van der Waals surface area (Å²) in [6.07, 6.45) is 4.98. The summed E-state index contributed by atoms with van der Waals surface area (Å²) in [5.41, 5.74) is 5.47. The van der Waals surface area contributed by atoms with Gasteiger partial charge < -0.3 is 29.7 Å². The molecule has 12 nitrogen and oxygen atoms in total. The second-order valence-electron chi connectivity index (χ2n) is 12.6. The van der Waals surface area contributed by atoms with Gasteiger partial charge >= 0.3 is 5.97 Å². The van der Waals surface area contributed by atoms with E-state index < -0.39 is 18.6 Å². The van der Waals surface area contributed by atoms with Crippen LogP contribution in [-0.4, -0.2) is 79.3 Å². The van der Waals surface area contributed by atoms with Crippen molar-refractivity contribution in [3.05, 3.63) is 105 Å². The van der Waals surface area contributed by atoms with E-state index >= 15 is 0 Å². The third-order valence-corrected chi connectivity index (χ3v) is 10.2. The van der Waals surface area contributed by atoms with E-state index in [4.69, 9.17) is 26.2 Å². The number of nitrogens with zero attached hydrogens (tertiary/aromatic N) is 5. The van der Waals surface area contributed by atoms with Crippen LogP contribution in [0.25, 0.3) is 22.0 Å². The normalized spacial score (nSPS) is 15.1. The Morgan fingerprint density at radius 1 is 1.08 bits per heavy atom. The number of pyridine rings is 1. The number of aliphatic hydroxyl groups is 2. The maximum Gasteiger partial charge on any atom is 0.323 e. The zero-order chi connectivity index (χ0) is 36.6. The molecule has 1 fully saturated rings. The minimum absolute atomic E-state index is 0.0466. The van der Waals surface area contributed by atoms with Gasteiger partial charge in [-0.1, -0.05) is 41.9 Å². The number of carboxylic acid groups (broad SMARTS) is 1. The number of rotatable bonds is 16. The molecule has 2 aromatic heterocycles. The fourth-order valence-corrected chi connectivity index (χ4v) is 7.07. The Morgan fingerprint density at radius 2 is 1.88 bits per heavy atom. The number of β-amino-alcohol motifs (C(OH)–C–C–N with tert-alkyl or cyclic N) is 1. The molecular formula is C38H38BrClN6O6. The highest BCUT2D eigenvalue weighted by atomic mass is 79.9. The number of carboxylic acids is 1. The smallest absolute Gasteiger partial charge is 0.323 e. The number of ether oxygens (including phenoxy) is 2. The summed E-state index contributed by atoms with van der Waals surface area (Å²) in [7, 11) is 0. The van der Waals surface area contributed by atoms with E-state index in [0.717, 1.165) is 71.1 Å². The molecule has 5 aromatic rings. The van der Waals surface area contributed by atoms with E-state index in [-0.39, 0.29) is 31.6 Å². The van der Waals surface area contributed by atoms with Crippen molar-refractivity contribution in [1.29, 1.82) is 5.26 Å². The van der Waals surface area contributed by atoms with Crippen molar-refractivity contribution in [2.75, 3.05) is 26.2 Å². The standard InChI is InChI=1S/C38H38BrClN6O6/c39-37-25(4-1-6-30(37)29-5-2-7-34-31(29)19-44-46(34)12-3-11-45-13-9-28(48)20-45)23-52-36-16-35(51-22-24-8-10-42-27(14-24)17-41)26(15-32(36)40)18-43-33(21-47)38(49)50/h1-2,4-8,10,14-16,19,28,33,43,47-48H,3,9,11-13,18,20-23H2,(H,49,50)/t28-,33?/m1/s1. The highest BCUT2D eigenvalue weighted by Crippen LogP contribution is 2.38. The fourth-order valence-electron chi connectivity index (χ4n) is 6.24. The van der Waals surface area contributed by atoms with Crippen LogP contribution < -0.4 is 14.8 Å². The zero-order valence-corrected chi connectivity index (χ0v) is 30.6. The molecule has 4 N–H and O–H groups in total. The Labute approximate surface area is 314 Å². The number of hydrogen-bond acceptors (Lipinski definition) is 10. The molecule has 0 bridgehead atoms. The Kier molecular flexibility index (Phi) is 12.4. The van der Waals surface area contributed by atoms with E-state index in [9.17, 15) is 25.4 Å². The second kappa shape index (κ2) is 17.3. The first-order valence-electron chi connectivity index (χ1n) is 16.9. The molecule has 1 aliphatic rings. The predicted molar refractivity (Wildman–Crippen MR) is 199 cm³/mol. The molecule has 1 unspecified atom stereocenters. The number of carbonyl (C=O) groups is 1. The molecule has 1 aliphatic heterocycles. The average Bonchev–Trinajstić information content (AvgIpc) is 3.77. The summed E-state index contributed by atoms with van der Waals surface area (Å²) >= 11 is 10.5. The maximum absolute atomic E-state index is 11.5. The van der Waals surface area contributed by atoms with Gasteiger partial charge in [0.25, 0.3) is 0 Å². The predicted octanol–water partition coefficient (Wildman–Crippen LogP) is 5.54. The molecule has 6 rings (SSSR count). The Balaban J connectivity index is 1.20. The number of aliphatic carboxylic acids is 1. The molecule has 0 radical (unpaired) electrons. The highest BCUT2D eigenvalue weighted by Gasteiger charge is 2.21. The van der Waals surface area contributed by atoms with Gasteiger partial charge in [0.15, 0.2) is 0 Å². The number of benzene rings is 3. The molecule has 14 heteroatoms. The molecular weight excluding hydrogens is 752 g/mol. The van der Waals surface area contributed by atoms with E-state index in [1.54, 1.807) is 24.3 Å². The first kappa shape index (κ1) is 37.2. The van der Waals surface area contributed by atoms with Gasteiger partial charge in [-0.2, -0.15) is 10.4 Å². The third kappa shape index (κ3) is 8.90. The van der Waals surface area contributed by atoms with E-state index in [2.05, 4.69) is 43.3 Å². The number of nitrogens with one attached hydrogen (secondary N) is 1. The molecule has 1 saturated heterocycles. The van der Waals surface area contributed by atoms with Crippen LogP contribution in [0.3, 0.4) is 0 Å². The molecule has 0 saturated carbocycles. The van der Waals surface area contributed by atoms with E-state index in [0.29, 0.717) is 27.6 Å². The van der Waals surface area contributed by atoms with E-state index in [1.807, 2.05) is 41.2 Å². The lowest BCUT2D eigenvalue weighted by Crippen LogP contribution is -2.39. The van der Waals surface area contributed by atoms with Gasteiger partial charge in [0.1, 0.15) is 42.5 Å². The van der Waals surface area contributed by atoms with Crippen LogP contribution >= 0.6 is 27.5 Å². The van der Waals surface area contributed by atoms with Crippen LogP contribution in [0.15, 0.2) is 77.5 Å². The fraction of sp³-hybridized carbons (Fsp3) is 0.316. The van der Waals surface area contributed by atoms with Gasteiger partial charge in [0, 0.05) is 66.0 Å². The number of fused-ring (bicyclic) bond motifs is 1. The van der Waals surface area contributed by atoms with Gasteiger partial charge in [-0.05, 0) is 69.7 Å². The van der Waals surface area contributed by atoms with Gasteiger partial charge in [-0.15, -0.1) is 0 Å². The zero-order valence-electron chi connectivity index (χ0n) is 28.2. The largest absolute Gasteiger partial charge is 0.488 e. The van der Waals surface area contributed by atoms with Crippen molar-refractivity contribution < 1.29 is 29.6 Å². The van der Waals surface area contributed by atoms with Crippen LogP contribution in [0.4, 0.5) is 0 Å². The van der Waals surface area contributed by atoms with Crippen molar-refractivity contribution >= 4 is 44.4 Å². The summed E-state index contributed by atoms with van der Waals surface area (Å²) in [6, 6.07) is 19.7. The SMILES string of the molecule is N#Cc1cc(COc2cc(OCc3cccc(-c4cccc5c4cnn5CCCN4CC[C@@H](O)C4)c3Br)c(Cl)cc2CNC(CO)C(=O)O)ccn1. The second-order valence-corrected chi connectivity index (χ2v) is 13.8. The molecule has 270 valence electrons. The maximum atomic E-state index is 11.5. The molecule has 0 amide bonds. The number of aromatic nitrogens is 3. The highest BCUT2D eigenvalue weighted by molar-refractivity contribution is 9.10. The summed E-state index contributed by atoms with van der Waals surface area (Å²) in [6.45, 7) is 3.10. The van der Waals surface area contributed by atoms with Crippen molar-refractivity contribution in [2.45, 2.75) is 51.3 Å². The summed E-state index contributed by atoms with van der Waals surface area (Å²) in [5.74, 6) is -0.447. The number of halogens is 2. The van der Waals surface area contributed by atoms with Crippen LogP contribution in [0.5, 0.6) is 11.5 Å². The van der Waals surface area contributed by atoms with Gasteiger partial charge in [0.05, 0.1) is 29.4 Å². The van der Waals surface area contributed by atoms with Crippen LogP contribution in [0.2, 0.25) is 5.02 Å². The lowest BCUT2D eigenvalue weighted by atomic mass is 10.00. The average molecular weight is 790 g/mol. The number of aliphatic hydroxyl groups excluding tert-OH is 2. The Morgan fingerprint density at radius 3 is 2.65 bits per heavy atom.